The highest BCUT2D eigenvalue weighted by Crippen LogP contribution is 2.34. The Labute approximate surface area is 99.6 Å². The Bertz CT molecular complexity index is 581. The third-order valence-electron chi connectivity index (χ3n) is 2.91. The van der Waals surface area contributed by atoms with E-state index in [0.29, 0.717) is 13.2 Å². The molecule has 1 aliphatic rings. The van der Waals surface area contributed by atoms with Crippen molar-refractivity contribution in [1.29, 1.82) is 0 Å². The second-order valence-electron chi connectivity index (χ2n) is 4.09. The van der Waals surface area contributed by atoms with Gasteiger partial charge >= 0.3 is 0 Å². The fourth-order valence-electron chi connectivity index (χ4n) is 2.07. The monoisotopic (exact) mass is 230 g/mol. The van der Waals surface area contributed by atoms with Gasteiger partial charge in [-0.25, -0.2) is 4.98 Å². The lowest BCUT2D eigenvalue weighted by molar-refractivity contribution is 0.172. The van der Waals surface area contributed by atoms with Gasteiger partial charge < -0.3 is 14.8 Å². The van der Waals surface area contributed by atoms with Gasteiger partial charge in [-0.05, 0) is 24.6 Å². The maximum Gasteiger partial charge on any atom is 0.163 e. The molecule has 1 aromatic carbocycles. The normalized spacial score (nSPS) is 13.8. The molecular formula is C13H14N2O2. The van der Waals surface area contributed by atoms with Crippen LogP contribution < -0.4 is 14.8 Å². The van der Waals surface area contributed by atoms with Crippen LogP contribution in [0.3, 0.4) is 0 Å². The van der Waals surface area contributed by atoms with Crippen LogP contribution in [-0.2, 0) is 0 Å². The van der Waals surface area contributed by atoms with Crippen molar-refractivity contribution in [2.24, 2.45) is 0 Å². The molecule has 2 aromatic rings. The predicted molar refractivity (Wildman–Crippen MR) is 67.0 cm³/mol. The molecule has 0 unspecified atom stereocenters. The molecule has 1 N–H and O–H groups in total. The van der Waals surface area contributed by atoms with Crippen molar-refractivity contribution in [3.63, 3.8) is 0 Å². The summed E-state index contributed by atoms with van der Waals surface area (Å²) < 4.78 is 11.1. The molecule has 0 saturated carbocycles. The van der Waals surface area contributed by atoms with Crippen LogP contribution in [0.25, 0.3) is 10.9 Å². The number of aryl methyl sites for hydroxylation is 1. The molecule has 0 atom stereocenters. The number of fused-ring (bicyclic) bond motifs is 2. The number of ether oxygens (including phenoxy) is 2. The number of aromatic nitrogens is 1. The standard InChI is InChI=1S/C13H14N2O2/c1-8-5-9-6-11-12(17-4-3-16-11)7-10(9)15-13(8)14-2/h5-7H,3-4H2,1-2H3,(H,14,15). The van der Waals surface area contributed by atoms with Crippen molar-refractivity contribution < 1.29 is 9.47 Å². The number of nitrogens with zero attached hydrogens (tertiary/aromatic N) is 1. The van der Waals surface area contributed by atoms with Crippen LogP contribution in [0, 0.1) is 6.92 Å². The molecule has 3 rings (SSSR count). The minimum atomic E-state index is 0.600. The Morgan fingerprint density at radius 3 is 2.53 bits per heavy atom. The van der Waals surface area contributed by atoms with Gasteiger partial charge in [0.1, 0.15) is 19.0 Å². The Balaban J connectivity index is 2.23. The largest absolute Gasteiger partial charge is 0.486 e. The van der Waals surface area contributed by atoms with Gasteiger partial charge in [-0.1, -0.05) is 0 Å². The van der Waals surface area contributed by atoms with E-state index in [1.807, 2.05) is 26.1 Å². The number of hydrogen-bond donors (Lipinski definition) is 1. The molecule has 0 fully saturated rings. The third kappa shape index (κ3) is 1.65. The number of anilines is 1. The van der Waals surface area contributed by atoms with Gasteiger partial charge in [0, 0.05) is 18.5 Å². The lowest BCUT2D eigenvalue weighted by Gasteiger charge is -2.19. The third-order valence-corrected chi connectivity index (χ3v) is 2.91. The molecule has 0 aliphatic carbocycles. The summed E-state index contributed by atoms with van der Waals surface area (Å²) in [5, 5.41) is 4.16. The molecule has 1 aliphatic heterocycles. The first kappa shape index (κ1) is 10.2. The Morgan fingerprint density at radius 1 is 1.12 bits per heavy atom. The van der Waals surface area contributed by atoms with Crippen molar-refractivity contribution in [2.75, 3.05) is 25.6 Å². The quantitative estimate of drug-likeness (QED) is 0.816. The van der Waals surface area contributed by atoms with Crippen LogP contribution in [0.5, 0.6) is 11.5 Å². The lowest BCUT2D eigenvalue weighted by atomic mass is 10.1. The maximum absolute atomic E-state index is 5.56. The molecule has 88 valence electrons. The summed E-state index contributed by atoms with van der Waals surface area (Å²) in [6.07, 6.45) is 0. The average Bonchev–Trinajstić information content (AvgIpc) is 2.35. The summed E-state index contributed by atoms with van der Waals surface area (Å²) in [6, 6.07) is 6.03. The molecule has 17 heavy (non-hydrogen) atoms. The smallest absolute Gasteiger partial charge is 0.163 e. The fraction of sp³-hybridized carbons (Fsp3) is 0.308. The Hall–Kier alpha value is -1.97. The van der Waals surface area contributed by atoms with Crippen molar-refractivity contribution in [1.82, 2.24) is 4.98 Å². The van der Waals surface area contributed by atoms with Crippen molar-refractivity contribution in [3.05, 3.63) is 23.8 Å². The van der Waals surface area contributed by atoms with Crippen LogP contribution in [0.15, 0.2) is 18.2 Å². The summed E-state index contributed by atoms with van der Waals surface area (Å²) in [5.74, 6) is 2.48. The molecule has 0 radical (unpaired) electrons. The first-order chi connectivity index (χ1) is 8.28. The SMILES string of the molecule is CNc1nc2cc3c(cc2cc1C)OCCO3. The summed E-state index contributed by atoms with van der Waals surface area (Å²) in [7, 11) is 1.87. The zero-order valence-electron chi connectivity index (χ0n) is 9.91. The number of benzene rings is 1. The zero-order valence-corrected chi connectivity index (χ0v) is 9.91. The molecular weight excluding hydrogens is 216 g/mol. The van der Waals surface area contributed by atoms with E-state index in [1.54, 1.807) is 0 Å². The second-order valence-corrected chi connectivity index (χ2v) is 4.09. The molecule has 0 amide bonds. The van der Waals surface area contributed by atoms with Crippen LogP contribution in [-0.4, -0.2) is 25.2 Å². The molecule has 1 aromatic heterocycles. The first-order valence-electron chi connectivity index (χ1n) is 5.66. The highest BCUT2D eigenvalue weighted by Gasteiger charge is 2.13. The van der Waals surface area contributed by atoms with Gasteiger partial charge in [-0.3, -0.25) is 0 Å². The fourth-order valence-corrected chi connectivity index (χ4v) is 2.07. The van der Waals surface area contributed by atoms with Gasteiger partial charge in [-0.15, -0.1) is 0 Å². The summed E-state index contributed by atoms with van der Waals surface area (Å²) in [6.45, 7) is 3.25. The van der Waals surface area contributed by atoms with Crippen molar-refractivity contribution in [3.8, 4) is 11.5 Å². The average molecular weight is 230 g/mol. The highest BCUT2D eigenvalue weighted by molar-refractivity contribution is 5.85. The van der Waals surface area contributed by atoms with Crippen LogP contribution >= 0.6 is 0 Å². The molecule has 0 saturated heterocycles. The van der Waals surface area contributed by atoms with E-state index in [-0.39, 0.29) is 0 Å². The summed E-state index contributed by atoms with van der Waals surface area (Å²) in [5.41, 5.74) is 2.04. The number of nitrogens with one attached hydrogen (secondary N) is 1. The van der Waals surface area contributed by atoms with Gasteiger partial charge in [-0.2, -0.15) is 0 Å². The molecule has 4 nitrogen and oxygen atoms in total. The second kappa shape index (κ2) is 3.80. The van der Waals surface area contributed by atoms with Gasteiger partial charge in [0.2, 0.25) is 0 Å². The molecule has 0 spiro atoms. The van der Waals surface area contributed by atoms with E-state index in [1.165, 1.54) is 0 Å². The summed E-state index contributed by atoms with van der Waals surface area (Å²) >= 11 is 0. The zero-order chi connectivity index (χ0) is 11.8. The number of rotatable bonds is 1. The predicted octanol–water partition coefficient (Wildman–Crippen LogP) is 2.36. The highest BCUT2D eigenvalue weighted by atomic mass is 16.6. The van der Waals surface area contributed by atoms with Crippen LogP contribution in [0.2, 0.25) is 0 Å². The van der Waals surface area contributed by atoms with Gasteiger partial charge in [0.15, 0.2) is 11.5 Å². The molecule has 0 bridgehead atoms. The topological polar surface area (TPSA) is 43.4 Å². The van der Waals surface area contributed by atoms with E-state index in [0.717, 1.165) is 33.8 Å². The van der Waals surface area contributed by atoms with Crippen molar-refractivity contribution in [2.45, 2.75) is 6.92 Å². The Kier molecular flexibility index (Phi) is 2.28. The van der Waals surface area contributed by atoms with E-state index >= 15 is 0 Å². The van der Waals surface area contributed by atoms with Crippen molar-refractivity contribution >= 4 is 16.7 Å². The Morgan fingerprint density at radius 2 is 1.82 bits per heavy atom. The van der Waals surface area contributed by atoms with Gasteiger partial charge in [0.25, 0.3) is 0 Å². The number of pyridine rings is 1. The minimum absolute atomic E-state index is 0.600. The first-order valence-corrected chi connectivity index (χ1v) is 5.66. The van der Waals surface area contributed by atoms with Crippen LogP contribution in [0.1, 0.15) is 5.56 Å². The maximum atomic E-state index is 5.56. The van der Waals surface area contributed by atoms with E-state index in [4.69, 9.17) is 9.47 Å². The van der Waals surface area contributed by atoms with Crippen LogP contribution in [0.4, 0.5) is 5.82 Å². The van der Waals surface area contributed by atoms with E-state index in [2.05, 4.69) is 16.4 Å². The number of hydrogen-bond acceptors (Lipinski definition) is 4. The molecule has 2 heterocycles. The van der Waals surface area contributed by atoms with E-state index in [9.17, 15) is 0 Å². The molecule has 4 heteroatoms. The lowest BCUT2D eigenvalue weighted by Crippen LogP contribution is -2.15. The van der Waals surface area contributed by atoms with Gasteiger partial charge in [0.05, 0.1) is 5.52 Å². The van der Waals surface area contributed by atoms with E-state index < -0.39 is 0 Å². The summed E-state index contributed by atoms with van der Waals surface area (Å²) in [4.78, 5) is 4.55. The minimum Gasteiger partial charge on any atom is -0.486 e.